The van der Waals surface area contributed by atoms with Crippen molar-refractivity contribution in [3.05, 3.63) is 53.0 Å². The van der Waals surface area contributed by atoms with Crippen molar-refractivity contribution in [2.45, 2.75) is 133 Å². The Kier molecular flexibility index (Phi) is 9.12. The normalized spacial score (nSPS) is 37.7. The van der Waals surface area contributed by atoms with E-state index in [1.165, 1.54) is 5.57 Å². The van der Waals surface area contributed by atoms with E-state index in [9.17, 15) is 19.5 Å². The summed E-state index contributed by atoms with van der Waals surface area (Å²) < 4.78 is 12.9. The molecule has 6 aliphatic rings. The number of ether oxygens (including phenoxy) is 2. The number of ketones is 1. The van der Waals surface area contributed by atoms with Gasteiger partial charge < -0.3 is 14.6 Å². The monoisotopic (exact) mass is 724 g/mol. The molecule has 0 aromatic carbocycles. The molecule has 4 fully saturated rings. The summed E-state index contributed by atoms with van der Waals surface area (Å²) in [4.78, 5) is 48.8. The largest absolute Gasteiger partial charge is 0.481 e. The summed E-state index contributed by atoms with van der Waals surface area (Å²) in [6, 6.07) is 5.78. The van der Waals surface area contributed by atoms with Crippen LogP contribution >= 0.6 is 0 Å². The van der Waals surface area contributed by atoms with Gasteiger partial charge >= 0.3 is 11.9 Å². The van der Waals surface area contributed by atoms with Crippen LogP contribution in [0.5, 0.6) is 0 Å². The van der Waals surface area contributed by atoms with E-state index in [0.717, 1.165) is 56.9 Å². The van der Waals surface area contributed by atoms with Crippen LogP contribution in [0.4, 0.5) is 0 Å². The van der Waals surface area contributed by atoms with Gasteiger partial charge in [0, 0.05) is 18.0 Å². The van der Waals surface area contributed by atoms with E-state index in [0.29, 0.717) is 42.2 Å². The second-order valence-electron chi connectivity index (χ2n) is 19.6. The van der Waals surface area contributed by atoms with E-state index in [2.05, 4.69) is 59.2 Å². The molecule has 0 spiro atoms. The van der Waals surface area contributed by atoms with Crippen LogP contribution in [0.1, 0.15) is 132 Å². The molecule has 1 aromatic rings. The lowest BCUT2D eigenvalue weighted by Gasteiger charge is -2.72. The highest BCUT2D eigenvalue weighted by atomic mass is 16.5. The van der Waals surface area contributed by atoms with Crippen LogP contribution in [-0.4, -0.2) is 46.4 Å². The smallest absolute Gasteiger partial charge is 0.309 e. The predicted octanol–water partition coefficient (Wildman–Crippen LogP) is 9.40. The molecular formula is C45H60N2O6. The molecule has 0 amide bonds. The molecule has 0 bridgehead atoms. The summed E-state index contributed by atoms with van der Waals surface area (Å²) in [5.41, 5.74) is 4.43. The Morgan fingerprint density at radius 2 is 1.75 bits per heavy atom. The zero-order valence-corrected chi connectivity index (χ0v) is 33.4. The third-order valence-corrected chi connectivity index (χ3v) is 15.9. The maximum atomic E-state index is 14.3. The number of esters is 1. The number of hydrogen-bond acceptors (Lipinski definition) is 7. The number of rotatable bonds is 7. The number of aliphatic carboxylic acids is 1. The zero-order chi connectivity index (χ0) is 38.4. The quantitative estimate of drug-likeness (QED) is 0.220. The van der Waals surface area contributed by atoms with Crippen LogP contribution in [0.3, 0.4) is 0 Å². The third kappa shape index (κ3) is 5.63. The van der Waals surface area contributed by atoms with E-state index >= 15 is 0 Å². The Morgan fingerprint density at radius 1 is 1.00 bits per heavy atom. The number of aliphatic imine (C=N–C) groups is 1. The van der Waals surface area contributed by atoms with Gasteiger partial charge in [0.25, 0.3) is 0 Å². The summed E-state index contributed by atoms with van der Waals surface area (Å²) in [5.74, 6) is 1.26. The van der Waals surface area contributed by atoms with Gasteiger partial charge in [0.2, 0.25) is 5.90 Å². The standard InChI is InChI=1S/C45H60N2O6/c1-27(2)36-30(48)25-45(38-47-24-12-14-31(52-38)29-13-10-11-23-46-29)22-21-43(8)28(37(36)45)15-16-33-42(7)19-18-34(53-35(49)26-40(3,4)39(50)51)41(5,6)32(42)17-20-44(33,43)9/h10-13,23,27-28,32-34H,15-22,24-26H2,1-9H3,(H,50,51). The van der Waals surface area contributed by atoms with Crippen molar-refractivity contribution in [3.8, 4) is 0 Å². The number of pyridine rings is 1. The molecule has 1 aromatic heterocycles. The average Bonchev–Trinajstić information content (AvgIpc) is 3.21. The SMILES string of the molecule is CC(C)C1=C2C3CCC4C5(C)CCC(OC(=O)CC(C)(C)C(=O)O)C(C)(C)C5CCC4(C)C3(C)CCC2(C2=NCC=C=C(c3ccccn3)O2)CC1=O. The molecule has 0 radical (unpaired) electrons. The fraction of sp³-hybridized carbons (Fsp3) is 0.689. The molecule has 8 unspecified atom stereocenters. The minimum absolute atomic E-state index is 0.0213. The van der Waals surface area contributed by atoms with Gasteiger partial charge in [-0.1, -0.05) is 60.3 Å². The Hall–Kier alpha value is -3.51. The maximum Gasteiger partial charge on any atom is 0.309 e. The average molecular weight is 725 g/mol. The molecule has 8 atom stereocenters. The van der Waals surface area contributed by atoms with Crippen LogP contribution in [-0.2, 0) is 23.9 Å². The van der Waals surface area contributed by atoms with Crippen LogP contribution < -0.4 is 0 Å². The number of fused-ring (bicyclic) bond motifs is 7. The zero-order valence-electron chi connectivity index (χ0n) is 33.4. The molecule has 7 rings (SSSR count). The number of allylic oxidation sites excluding steroid dienone is 1. The Labute approximate surface area is 316 Å². The van der Waals surface area contributed by atoms with Crippen molar-refractivity contribution in [2.75, 3.05) is 6.54 Å². The Balaban J connectivity index is 1.20. The van der Waals surface area contributed by atoms with Crippen molar-refractivity contribution in [2.24, 2.45) is 61.2 Å². The van der Waals surface area contributed by atoms with Crippen molar-refractivity contribution in [3.63, 3.8) is 0 Å². The van der Waals surface area contributed by atoms with E-state index < -0.39 is 22.8 Å². The molecule has 1 aliphatic heterocycles. The Bertz CT molecular complexity index is 1830. The van der Waals surface area contributed by atoms with Gasteiger partial charge in [-0.3, -0.25) is 19.4 Å². The molecule has 5 aliphatic carbocycles. The fourth-order valence-electron chi connectivity index (χ4n) is 13.0. The predicted molar refractivity (Wildman–Crippen MR) is 204 cm³/mol. The first-order valence-electron chi connectivity index (χ1n) is 20.1. The van der Waals surface area contributed by atoms with Crippen LogP contribution in [0.15, 0.2) is 52.3 Å². The van der Waals surface area contributed by atoms with Crippen LogP contribution in [0.25, 0.3) is 5.76 Å². The van der Waals surface area contributed by atoms with E-state index in [1.54, 1.807) is 20.0 Å². The van der Waals surface area contributed by atoms with Gasteiger partial charge in [-0.15, -0.1) is 0 Å². The van der Waals surface area contributed by atoms with Crippen LogP contribution in [0, 0.1) is 56.2 Å². The summed E-state index contributed by atoms with van der Waals surface area (Å²) in [5, 5.41) is 9.63. The van der Waals surface area contributed by atoms with Gasteiger partial charge in [0.1, 0.15) is 11.8 Å². The first-order chi connectivity index (χ1) is 24.8. The molecule has 2 heterocycles. The first kappa shape index (κ1) is 37.8. The van der Waals surface area contributed by atoms with E-state index in [1.807, 2.05) is 24.3 Å². The lowest BCUT2D eigenvalue weighted by molar-refractivity contribution is -0.232. The number of hydrogen-bond donors (Lipinski definition) is 1. The highest BCUT2D eigenvalue weighted by molar-refractivity contribution is 6.07. The highest BCUT2D eigenvalue weighted by Gasteiger charge is 2.71. The van der Waals surface area contributed by atoms with Crippen molar-refractivity contribution in [1.82, 2.24) is 4.98 Å². The van der Waals surface area contributed by atoms with Gasteiger partial charge in [-0.2, -0.15) is 0 Å². The number of nitrogens with zero attached hydrogens (tertiary/aromatic N) is 2. The maximum absolute atomic E-state index is 14.3. The Morgan fingerprint density at radius 3 is 2.43 bits per heavy atom. The second kappa shape index (κ2) is 12.8. The molecule has 1 N–H and O–H groups in total. The fourth-order valence-corrected chi connectivity index (χ4v) is 13.0. The topological polar surface area (TPSA) is 115 Å². The number of carboxylic acid groups (broad SMARTS) is 1. The number of carbonyl (C=O) groups is 3. The van der Waals surface area contributed by atoms with Gasteiger partial charge in [0.05, 0.1) is 23.8 Å². The van der Waals surface area contributed by atoms with E-state index in [-0.39, 0.29) is 51.8 Å². The molecule has 8 nitrogen and oxygen atoms in total. The summed E-state index contributed by atoms with van der Waals surface area (Å²) in [6.45, 7) is 20.2. The van der Waals surface area contributed by atoms with Crippen molar-refractivity contribution in [1.29, 1.82) is 0 Å². The lowest BCUT2D eigenvalue weighted by atomic mass is 9.33. The molecule has 286 valence electrons. The highest BCUT2D eigenvalue weighted by Crippen LogP contribution is 2.77. The first-order valence-corrected chi connectivity index (χ1v) is 20.1. The van der Waals surface area contributed by atoms with Crippen molar-refractivity contribution >= 4 is 29.4 Å². The molecule has 4 saturated carbocycles. The second-order valence-corrected chi connectivity index (χ2v) is 19.6. The lowest BCUT2D eigenvalue weighted by Crippen LogP contribution is -2.66. The van der Waals surface area contributed by atoms with Gasteiger partial charge in [-0.05, 0) is 134 Å². The van der Waals surface area contributed by atoms with Gasteiger partial charge in [0.15, 0.2) is 11.5 Å². The summed E-state index contributed by atoms with van der Waals surface area (Å²) >= 11 is 0. The molecular weight excluding hydrogens is 665 g/mol. The van der Waals surface area contributed by atoms with Crippen LogP contribution in [0.2, 0.25) is 0 Å². The minimum atomic E-state index is -1.17. The molecule has 8 heteroatoms. The van der Waals surface area contributed by atoms with E-state index in [4.69, 9.17) is 14.5 Å². The molecule has 0 saturated heterocycles. The summed E-state index contributed by atoms with van der Waals surface area (Å²) in [7, 11) is 0. The molecule has 53 heavy (non-hydrogen) atoms. The summed E-state index contributed by atoms with van der Waals surface area (Å²) in [6.07, 6.45) is 11.5. The van der Waals surface area contributed by atoms with Gasteiger partial charge in [-0.25, -0.2) is 4.99 Å². The number of carbonyl (C=O) groups excluding carboxylic acids is 2. The number of carboxylic acids is 1. The minimum Gasteiger partial charge on any atom is -0.481 e. The number of aromatic nitrogens is 1. The van der Waals surface area contributed by atoms with Crippen molar-refractivity contribution < 1.29 is 29.0 Å². The number of Topliss-reactive ketones (excluding diaryl/α,β-unsaturated/α-hetero) is 1. The third-order valence-electron chi connectivity index (χ3n) is 15.9.